The van der Waals surface area contributed by atoms with E-state index in [-0.39, 0.29) is 17.9 Å². The van der Waals surface area contributed by atoms with Gasteiger partial charge < -0.3 is 9.32 Å². The monoisotopic (exact) mass is 313 g/mol. The molecule has 2 fully saturated rings. The number of hydrogen-bond donors (Lipinski definition) is 0. The Morgan fingerprint density at radius 2 is 2.35 bits per heavy atom. The molecule has 2 aromatic heterocycles. The van der Waals surface area contributed by atoms with Crippen LogP contribution >= 0.6 is 0 Å². The molecule has 5 heteroatoms. The third-order valence-electron chi connectivity index (χ3n) is 5.09. The maximum atomic E-state index is 12.9. The summed E-state index contributed by atoms with van der Waals surface area (Å²) in [4.78, 5) is 15.0. The first-order valence-electron chi connectivity index (χ1n) is 8.55. The highest BCUT2D eigenvalue weighted by atomic mass is 16.3. The molecule has 4 rings (SSSR count). The third kappa shape index (κ3) is 2.92. The standard InChI is InChI=1S/C18H23N3O2/c1-13-10-19-20(11-13)12-14-5-2-3-7-21(14)18(22)16-9-15(16)17-6-4-8-23-17/h4,6,8,10-11,14-16H,2-3,5,7,9,12H2,1H3/t14-,15+,16-/m0/s1. The summed E-state index contributed by atoms with van der Waals surface area (Å²) in [6.07, 6.45) is 9.93. The van der Waals surface area contributed by atoms with Gasteiger partial charge in [0.1, 0.15) is 5.76 Å². The second kappa shape index (κ2) is 5.87. The molecule has 0 bridgehead atoms. The minimum Gasteiger partial charge on any atom is -0.469 e. The molecule has 3 heterocycles. The lowest BCUT2D eigenvalue weighted by Crippen LogP contribution is -2.46. The molecular formula is C18H23N3O2. The van der Waals surface area contributed by atoms with E-state index in [1.807, 2.05) is 29.9 Å². The molecule has 5 nitrogen and oxygen atoms in total. The first kappa shape index (κ1) is 14.5. The van der Waals surface area contributed by atoms with Crippen LogP contribution in [0.1, 0.15) is 42.9 Å². The van der Waals surface area contributed by atoms with Crippen LogP contribution in [0.3, 0.4) is 0 Å². The van der Waals surface area contributed by atoms with Crippen LogP contribution < -0.4 is 0 Å². The molecule has 122 valence electrons. The van der Waals surface area contributed by atoms with Gasteiger partial charge in [0.15, 0.2) is 0 Å². The number of piperidine rings is 1. The molecule has 0 N–H and O–H groups in total. The first-order valence-corrected chi connectivity index (χ1v) is 8.55. The molecule has 0 unspecified atom stereocenters. The average molecular weight is 313 g/mol. The van der Waals surface area contributed by atoms with Crippen molar-refractivity contribution in [3.8, 4) is 0 Å². The van der Waals surface area contributed by atoms with E-state index in [0.717, 1.165) is 38.1 Å². The lowest BCUT2D eigenvalue weighted by Gasteiger charge is -2.36. The van der Waals surface area contributed by atoms with Crippen LogP contribution in [0, 0.1) is 12.8 Å². The lowest BCUT2D eigenvalue weighted by atomic mass is 10.0. The highest BCUT2D eigenvalue weighted by molar-refractivity contribution is 5.83. The zero-order valence-corrected chi connectivity index (χ0v) is 13.5. The number of hydrogen-bond acceptors (Lipinski definition) is 3. The van der Waals surface area contributed by atoms with Crippen molar-refractivity contribution < 1.29 is 9.21 Å². The van der Waals surface area contributed by atoms with Crippen LogP contribution in [0.2, 0.25) is 0 Å². The molecule has 2 aromatic rings. The number of furan rings is 1. The molecule has 0 radical (unpaired) electrons. The summed E-state index contributed by atoms with van der Waals surface area (Å²) in [5.41, 5.74) is 1.17. The van der Waals surface area contributed by atoms with E-state index < -0.39 is 0 Å². The van der Waals surface area contributed by atoms with Gasteiger partial charge >= 0.3 is 0 Å². The minimum absolute atomic E-state index is 0.112. The van der Waals surface area contributed by atoms with Gasteiger partial charge in [-0.15, -0.1) is 0 Å². The van der Waals surface area contributed by atoms with Crippen molar-refractivity contribution in [2.24, 2.45) is 5.92 Å². The molecule has 1 saturated carbocycles. The smallest absolute Gasteiger partial charge is 0.226 e. The van der Waals surface area contributed by atoms with Crippen molar-refractivity contribution in [2.45, 2.75) is 51.1 Å². The molecule has 0 aromatic carbocycles. The molecule has 3 atom stereocenters. The van der Waals surface area contributed by atoms with E-state index in [0.29, 0.717) is 5.91 Å². The van der Waals surface area contributed by atoms with Crippen LogP contribution in [-0.2, 0) is 11.3 Å². The van der Waals surface area contributed by atoms with Gasteiger partial charge in [0.05, 0.1) is 25.0 Å². The maximum absolute atomic E-state index is 12.9. The molecule has 2 aliphatic rings. The quantitative estimate of drug-likeness (QED) is 0.872. The van der Waals surface area contributed by atoms with E-state index in [1.54, 1.807) is 6.26 Å². The van der Waals surface area contributed by atoms with Gasteiger partial charge in [0, 0.05) is 24.6 Å². The first-order chi connectivity index (χ1) is 11.2. The van der Waals surface area contributed by atoms with E-state index in [2.05, 4.69) is 16.2 Å². The Morgan fingerprint density at radius 1 is 1.43 bits per heavy atom. The second-order valence-electron chi connectivity index (χ2n) is 6.89. The van der Waals surface area contributed by atoms with Crippen molar-refractivity contribution in [1.29, 1.82) is 0 Å². The van der Waals surface area contributed by atoms with Gasteiger partial charge in [-0.05, 0) is 50.3 Å². The fourth-order valence-electron chi connectivity index (χ4n) is 3.76. The molecule has 1 aliphatic heterocycles. The van der Waals surface area contributed by atoms with Gasteiger partial charge in [-0.2, -0.15) is 5.10 Å². The fraction of sp³-hybridized carbons (Fsp3) is 0.556. The van der Waals surface area contributed by atoms with Crippen molar-refractivity contribution >= 4 is 5.91 Å². The largest absolute Gasteiger partial charge is 0.469 e. The van der Waals surface area contributed by atoms with Crippen molar-refractivity contribution in [3.63, 3.8) is 0 Å². The average Bonchev–Trinajstić information content (AvgIpc) is 2.96. The highest BCUT2D eigenvalue weighted by Gasteiger charge is 2.48. The molecule has 1 aliphatic carbocycles. The maximum Gasteiger partial charge on any atom is 0.226 e. The van der Waals surface area contributed by atoms with Gasteiger partial charge in [-0.25, -0.2) is 0 Å². The van der Waals surface area contributed by atoms with Crippen LogP contribution in [0.15, 0.2) is 35.2 Å². The van der Waals surface area contributed by atoms with Gasteiger partial charge in [-0.1, -0.05) is 0 Å². The van der Waals surface area contributed by atoms with Gasteiger partial charge in [0.25, 0.3) is 0 Å². The number of carbonyl (C=O) groups excluding carboxylic acids is 1. The summed E-state index contributed by atoms with van der Waals surface area (Å²) in [6.45, 7) is 3.73. The summed E-state index contributed by atoms with van der Waals surface area (Å²) < 4.78 is 7.44. The normalized spacial score (nSPS) is 27.2. The Bertz CT molecular complexity index is 676. The SMILES string of the molecule is Cc1cnn(C[C@@H]2CCCCN2C(=O)[C@H]2C[C@H]2c2ccco2)c1. The Balaban J connectivity index is 1.44. The molecule has 1 saturated heterocycles. The minimum atomic E-state index is 0.112. The van der Waals surface area contributed by atoms with E-state index in [9.17, 15) is 4.79 Å². The molecular weight excluding hydrogens is 290 g/mol. The number of aryl methyl sites for hydroxylation is 1. The summed E-state index contributed by atoms with van der Waals surface area (Å²) >= 11 is 0. The summed E-state index contributed by atoms with van der Waals surface area (Å²) in [5, 5.41) is 4.38. The Labute approximate surface area is 136 Å². The predicted molar refractivity (Wildman–Crippen MR) is 85.9 cm³/mol. The zero-order valence-electron chi connectivity index (χ0n) is 13.5. The molecule has 0 spiro atoms. The van der Waals surface area contributed by atoms with Crippen LogP contribution in [0.5, 0.6) is 0 Å². The number of carbonyl (C=O) groups is 1. The van der Waals surface area contributed by atoms with Crippen LogP contribution in [0.25, 0.3) is 0 Å². The third-order valence-corrected chi connectivity index (χ3v) is 5.09. The Hall–Kier alpha value is -2.04. The Morgan fingerprint density at radius 3 is 3.09 bits per heavy atom. The van der Waals surface area contributed by atoms with Gasteiger partial charge in [0.2, 0.25) is 5.91 Å². The number of aromatic nitrogens is 2. The van der Waals surface area contributed by atoms with Gasteiger partial charge in [-0.3, -0.25) is 9.48 Å². The summed E-state index contributed by atoms with van der Waals surface area (Å²) in [6, 6.07) is 4.16. The molecule has 23 heavy (non-hydrogen) atoms. The lowest BCUT2D eigenvalue weighted by molar-refractivity contribution is -0.136. The van der Waals surface area contributed by atoms with Crippen LogP contribution in [-0.4, -0.2) is 33.2 Å². The Kier molecular flexibility index (Phi) is 3.71. The van der Waals surface area contributed by atoms with Crippen molar-refractivity contribution in [2.75, 3.05) is 6.54 Å². The number of amides is 1. The number of nitrogens with zero attached hydrogens (tertiary/aromatic N) is 3. The zero-order chi connectivity index (χ0) is 15.8. The number of rotatable bonds is 4. The van der Waals surface area contributed by atoms with Crippen molar-refractivity contribution in [1.82, 2.24) is 14.7 Å². The highest BCUT2D eigenvalue weighted by Crippen LogP contribution is 2.49. The van der Waals surface area contributed by atoms with Crippen molar-refractivity contribution in [3.05, 3.63) is 42.1 Å². The van der Waals surface area contributed by atoms with E-state index >= 15 is 0 Å². The number of likely N-dealkylation sites (tertiary alicyclic amines) is 1. The van der Waals surface area contributed by atoms with E-state index in [1.165, 1.54) is 12.0 Å². The van der Waals surface area contributed by atoms with E-state index in [4.69, 9.17) is 4.42 Å². The summed E-state index contributed by atoms with van der Waals surface area (Å²) in [5.74, 6) is 1.66. The second-order valence-corrected chi connectivity index (χ2v) is 6.89. The topological polar surface area (TPSA) is 51.3 Å². The van der Waals surface area contributed by atoms with Crippen LogP contribution in [0.4, 0.5) is 0 Å². The fourth-order valence-corrected chi connectivity index (χ4v) is 3.76. The predicted octanol–water partition coefficient (Wildman–Crippen LogP) is 2.97. The molecule has 1 amide bonds. The summed E-state index contributed by atoms with van der Waals surface area (Å²) in [7, 11) is 0.